The molecule has 0 aromatic heterocycles. The number of aldehydes is 1. The van der Waals surface area contributed by atoms with Crippen LogP contribution < -0.4 is 0 Å². The van der Waals surface area contributed by atoms with Crippen LogP contribution in [0.25, 0.3) is 0 Å². The number of aliphatic hydroxyl groups is 1. The maximum absolute atomic E-state index is 9.72. The van der Waals surface area contributed by atoms with Gasteiger partial charge in [-0.15, -0.1) is 0 Å². The van der Waals surface area contributed by atoms with Gasteiger partial charge in [0, 0.05) is 0 Å². The van der Waals surface area contributed by atoms with E-state index in [0.717, 1.165) is 0 Å². The maximum Gasteiger partial charge on any atom is 0.142 e. The van der Waals surface area contributed by atoms with E-state index in [1.807, 2.05) is 0 Å². The molecule has 0 radical (unpaired) electrons. The van der Waals surface area contributed by atoms with Crippen molar-refractivity contribution in [1.82, 2.24) is 0 Å². The highest BCUT2D eigenvalue weighted by Gasteiger charge is 2.07. The molecule has 1 N–H and O–H groups in total. The quantitative estimate of drug-likeness (QED) is 0.453. The minimum Gasteiger partial charge on any atom is -0.390 e. The predicted octanol–water partition coefficient (Wildman–Crippen LogP) is 0.902. The van der Waals surface area contributed by atoms with Gasteiger partial charge in [0.15, 0.2) is 0 Å². The van der Waals surface area contributed by atoms with Crippen LogP contribution in [0.5, 0.6) is 0 Å². The van der Waals surface area contributed by atoms with Crippen molar-refractivity contribution in [3.05, 3.63) is 12.2 Å². The van der Waals surface area contributed by atoms with Crippen LogP contribution in [0.3, 0.4) is 0 Å². The fourth-order valence-corrected chi connectivity index (χ4v) is 0.412. The summed E-state index contributed by atoms with van der Waals surface area (Å²) in [5, 5.41) is 9.08. The van der Waals surface area contributed by atoms with Crippen LogP contribution >= 0.6 is 0 Å². The van der Waals surface area contributed by atoms with Gasteiger partial charge in [0.25, 0.3) is 0 Å². The van der Waals surface area contributed by atoms with Crippen LogP contribution in [-0.2, 0) is 4.79 Å². The van der Waals surface area contributed by atoms with Gasteiger partial charge in [-0.1, -0.05) is 6.08 Å². The molecular formula is C7H12O2. The fourth-order valence-electron chi connectivity index (χ4n) is 0.412. The van der Waals surface area contributed by atoms with Gasteiger partial charge in [-0.25, -0.2) is 0 Å². The van der Waals surface area contributed by atoms with Crippen molar-refractivity contribution in [1.29, 1.82) is 0 Å². The monoisotopic (exact) mass is 128 g/mol. The third-order valence-electron chi connectivity index (χ3n) is 0.832. The van der Waals surface area contributed by atoms with E-state index in [9.17, 15) is 4.79 Å². The lowest BCUT2D eigenvalue weighted by Gasteiger charge is -2.12. The standard InChI is InChI=1S/C7H12O2/c1-7(2,9)5-3-4-6-8/h3-4,6,9H,5H2,1-2H3/b4-3+. The lowest BCUT2D eigenvalue weighted by molar-refractivity contribution is -0.104. The van der Waals surface area contributed by atoms with Crippen molar-refractivity contribution in [2.75, 3.05) is 0 Å². The van der Waals surface area contributed by atoms with Crippen LogP contribution in [0.1, 0.15) is 20.3 Å². The average molecular weight is 128 g/mol. The number of carbonyl (C=O) groups is 1. The molecule has 0 atom stereocenters. The van der Waals surface area contributed by atoms with Crippen LogP contribution in [0.15, 0.2) is 12.2 Å². The molecule has 0 fully saturated rings. The largest absolute Gasteiger partial charge is 0.390 e. The summed E-state index contributed by atoms with van der Waals surface area (Å²) in [6.45, 7) is 3.39. The summed E-state index contributed by atoms with van der Waals surface area (Å²) < 4.78 is 0. The van der Waals surface area contributed by atoms with E-state index < -0.39 is 5.60 Å². The van der Waals surface area contributed by atoms with Gasteiger partial charge in [0.05, 0.1) is 5.60 Å². The van der Waals surface area contributed by atoms with Gasteiger partial charge in [0.1, 0.15) is 6.29 Å². The highest BCUT2D eigenvalue weighted by molar-refractivity contribution is 5.64. The second kappa shape index (κ2) is 3.41. The van der Waals surface area contributed by atoms with Crippen LogP contribution in [0.2, 0.25) is 0 Å². The topological polar surface area (TPSA) is 37.3 Å². The Bertz CT molecular complexity index is 109. The van der Waals surface area contributed by atoms with E-state index in [1.54, 1.807) is 19.9 Å². The summed E-state index contributed by atoms with van der Waals surface area (Å²) in [7, 11) is 0. The van der Waals surface area contributed by atoms with Gasteiger partial charge in [0.2, 0.25) is 0 Å². The van der Waals surface area contributed by atoms with Gasteiger partial charge in [-0.2, -0.15) is 0 Å². The van der Waals surface area contributed by atoms with E-state index in [0.29, 0.717) is 12.7 Å². The molecule has 0 heterocycles. The van der Waals surface area contributed by atoms with Crippen LogP contribution in [0.4, 0.5) is 0 Å². The van der Waals surface area contributed by atoms with E-state index in [2.05, 4.69) is 0 Å². The van der Waals surface area contributed by atoms with Crippen molar-refractivity contribution in [3.63, 3.8) is 0 Å². The molecule has 0 bridgehead atoms. The molecule has 0 spiro atoms. The molecule has 0 unspecified atom stereocenters. The molecule has 0 aliphatic carbocycles. The third-order valence-corrected chi connectivity index (χ3v) is 0.832. The van der Waals surface area contributed by atoms with Crippen LogP contribution in [0, 0.1) is 0 Å². The second-order valence-electron chi connectivity index (χ2n) is 2.58. The lowest BCUT2D eigenvalue weighted by atomic mass is 10.1. The molecule has 0 aromatic carbocycles. The Kier molecular flexibility index (Phi) is 3.17. The van der Waals surface area contributed by atoms with Gasteiger partial charge < -0.3 is 5.11 Å². The normalized spacial score (nSPS) is 12.3. The second-order valence-corrected chi connectivity index (χ2v) is 2.58. The van der Waals surface area contributed by atoms with Gasteiger partial charge in [-0.05, 0) is 26.3 Å². The Morgan fingerprint density at radius 3 is 2.44 bits per heavy atom. The molecule has 0 aliphatic rings. The zero-order valence-corrected chi connectivity index (χ0v) is 5.79. The first-order valence-electron chi connectivity index (χ1n) is 2.89. The van der Waals surface area contributed by atoms with Crippen molar-refractivity contribution >= 4 is 6.29 Å². The first-order chi connectivity index (χ1) is 4.06. The first-order valence-corrected chi connectivity index (χ1v) is 2.89. The molecule has 0 aliphatic heterocycles. The Morgan fingerprint density at radius 2 is 2.11 bits per heavy atom. The molecule has 0 saturated carbocycles. The number of hydrogen-bond donors (Lipinski definition) is 1. The molecule has 0 aromatic rings. The summed E-state index contributed by atoms with van der Waals surface area (Å²) in [6.07, 6.45) is 4.25. The van der Waals surface area contributed by atoms with Crippen molar-refractivity contribution in [2.24, 2.45) is 0 Å². The Labute approximate surface area is 55.2 Å². The number of allylic oxidation sites excluding steroid dienone is 1. The SMILES string of the molecule is CC(C)(O)C/C=C/C=O. The molecule has 2 heteroatoms. The minimum absolute atomic E-state index is 0.520. The number of hydrogen-bond acceptors (Lipinski definition) is 2. The number of rotatable bonds is 3. The van der Waals surface area contributed by atoms with E-state index in [-0.39, 0.29) is 0 Å². The molecule has 9 heavy (non-hydrogen) atoms. The van der Waals surface area contributed by atoms with Gasteiger partial charge in [-0.3, -0.25) is 4.79 Å². The molecular weight excluding hydrogens is 116 g/mol. The Morgan fingerprint density at radius 1 is 1.56 bits per heavy atom. The minimum atomic E-state index is -0.695. The number of carbonyl (C=O) groups excluding carboxylic acids is 1. The summed E-state index contributed by atoms with van der Waals surface area (Å²) in [4.78, 5) is 9.72. The zero-order valence-electron chi connectivity index (χ0n) is 5.79. The van der Waals surface area contributed by atoms with Crippen molar-refractivity contribution in [2.45, 2.75) is 25.9 Å². The fraction of sp³-hybridized carbons (Fsp3) is 0.571. The van der Waals surface area contributed by atoms with Crippen molar-refractivity contribution in [3.8, 4) is 0 Å². The summed E-state index contributed by atoms with van der Waals surface area (Å²) in [5.74, 6) is 0. The Hall–Kier alpha value is -0.630. The average Bonchev–Trinajstić information content (AvgIpc) is 1.63. The molecule has 52 valence electrons. The summed E-state index contributed by atoms with van der Waals surface area (Å²) >= 11 is 0. The van der Waals surface area contributed by atoms with E-state index >= 15 is 0 Å². The highest BCUT2D eigenvalue weighted by Crippen LogP contribution is 2.06. The molecule has 0 rings (SSSR count). The smallest absolute Gasteiger partial charge is 0.142 e. The van der Waals surface area contributed by atoms with Crippen molar-refractivity contribution < 1.29 is 9.90 Å². The van der Waals surface area contributed by atoms with Gasteiger partial charge >= 0.3 is 0 Å². The maximum atomic E-state index is 9.72. The summed E-state index contributed by atoms with van der Waals surface area (Å²) in [6, 6.07) is 0. The van der Waals surface area contributed by atoms with E-state index in [4.69, 9.17) is 5.11 Å². The highest BCUT2D eigenvalue weighted by atomic mass is 16.3. The van der Waals surface area contributed by atoms with E-state index in [1.165, 1.54) is 6.08 Å². The lowest BCUT2D eigenvalue weighted by Crippen LogP contribution is -2.16. The zero-order chi connectivity index (χ0) is 7.33. The molecule has 2 nitrogen and oxygen atoms in total. The van der Waals surface area contributed by atoms with Crippen LogP contribution in [-0.4, -0.2) is 17.0 Å². The third kappa shape index (κ3) is 7.37. The summed E-state index contributed by atoms with van der Waals surface area (Å²) in [5.41, 5.74) is -0.695. The Balaban J connectivity index is 3.50. The molecule has 0 amide bonds. The molecule has 0 saturated heterocycles. The first kappa shape index (κ1) is 8.37. The predicted molar refractivity (Wildman–Crippen MR) is 36.1 cm³/mol.